The van der Waals surface area contributed by atoms with E-state index in [-0.39, 0.29) is 16.7 Å². The fourth-order valence-electron chi connectivity index (χ4n) is 3.26. The number of carbonyl (C=O) groups is 1. The number of hydrogen-bond acceptors (Lipinski definition) is 4. The molecule has 1 aliphatic rings. The molecular formula is C19H22BrN3O3S. The number of nitrogens with zero attached hydrogens (tertiary/aromatic N) is 3. The van der Waals surface area contributed by atoms with Gasteiger partial charge in [0.1, 0.15) is 4.90 Å². The van der Waals surface area contributed by atoms with Crippen molar-refractivity contribution >= 4 is 31.9 Å². The summed E-state index contributed by atoms with van der Waals surface area (Å²) >= 11 is 3.51. The molecule has 0 bridgehead atoms. The lowest BCUT2D eigenvalue weighted by Crippen LogP contribution is -2.43. The summed E-state index contributed by atoms with van der Waals surface area (Å²) in [4.78, 5) is 18.6. The van der Waals surface area contributed by atoms with E-state index < -0.39 is 10.0 Å². The third-order valence-electron chi connectivity index (χ3n) is 4.82. The van der Waals surface area contributed by atoms with Crippen LogP contribution in [0.15, 0.2) is 58.2 Å². The summed E-state index contributed by atoms with van der Waals surface area (Å²) in [6.07, 6.45) is 3.96. The summed E-state index contributed by atoms with van der Waals surface area (Å²) in [5, 5.41) is 0. The minimum atomic E-state index is -3.55. The second-order valence-electron chi connectivity index (χ2n) is 6.65. The van der Waals surface area contributed by atoms with Gasteiger partial charge in [-0.25, -0.2) is 8.42 Å². The van der Waals surface area contributed by atoms with E-state index in [4.69, 9.17) is 0 Å². The van der Waals surface area contributed by atoms with Crippen molar-refractivity contribution in [1.82, 2.24) is 14.2 Å². The van der Waals surface area contributed by atoms with Gasteiger partial charge in [-0.05, 0) is 36.6 Å². The number of benzene rings is 1. The van der Waals surface area contributed by atoms with Crippen molar-refractivity contribution in [3.8, 4) is 0 Å². The summed E-state index contributed by atoms with van der Waals surface area (Å²) < 4.78 is 27.7. The van der Waals surface area contributed by atoms with Crippen LogP contribution in [0, 0.1) is 5.92 Å². The highest BCUT2D eigenvalue weighted by atomic mass is 79.9. The summed E-state index contributed by atoms with van der Waals surface area (Å²) in [6.45, 7) is 1.21. The van der Waals surface area contributed by atoms with E-state index in [9.17, 15) is 13.2 Å². The van der Waals surface area contributed by atoms with Crippen molar-refractivity contribution in [2.75, 3.05) is 20.1 Å². The Morgan fingerprint density at radius 1 is 1.22 bits per heavy atom. The molecular weight excluding hydrogens is 430 g/mol. The second kappa shape index (κ2) is 8.50. The molecule has 1 amide bonds. The standard InChI is InChI=1S/C19H22BrN3O3S/c1-22(14-16-5-2-3-7-18(16)20)19(24)15-8-11-23(12-9-15)27(25,26)17-6-4-10-21-13-17/h2-7,10,13,15H,8-9,11-12,14H2,1H3. The Bertz CT molecular complexity index is 897. The Morgan fingerprint density at radius 3 is 2.56 bits per heavy atom. The second-order valence-corrected chi connectivity index (χ2v) is 9.45. The average molecular weight is 452 g/mol. The largest absolute Gasteiger partial charge is 0.341 e. The minimum absolute atomic E-state index is 0.0594. The molecule has 0 saturated carbocycles. The van der Waals surface area contributed by atoms with Crippen molar-refractivity contribution in [3.05, 3.63) is 58.8 Å². The summed E-state index contributed by atoms with van der Waals surface area (Å²) in [6, 6.07) is 11.0. The van der Waals surface area contributed by atoms with E-state index in [0.29, 0.717) is 32.5 Å². The zero-order valence-corrected chi connectivity index (χ0v) is 17.5. The number of piperidine rings is 1. The fourth-order valence-corrected chi connectivity index (χ4v) is 5.11. The summed E-state index contributed by atoms with van der Waals surface area (Å²) in [5.41, 5.74) is 1.05. The number of amides is 1. The van der Waals surface area contributed by atoms with Crippen LogP contribution in [-0.4, -0.2) is 48.7 Å². The maximum absolute atomic E-state index is 12.8. The van der Waals surface area contributed by atoms with Crippen molar-refractivity contribution in [1.29, 1.82) is 0 Å². The van der Waals surface area contributed by atoms with Gasteiger partial charge in [0.2, 0.25) is 15.9 Å². The van der Waals surface area contributed by atoms with E-state index in [1.165, 1.54) is 10.5 Å². The first-order valence-electron chi connectivity index (χ1n) is 8.78. The molecule has 1 saturated heterocycles. The SMILES string of the molecule is CN(Cc1ccccc1Br)C(=O)C1CCN(S(=O)(=O)c2cccnc2)CC1. The number of halogens is 1. The van der Waals surface area contributed by atoms with Crippen LogP contribution in [0.5, 0.6) is 0 Å². The molecule has 0 spiro atoms. The number of hydrogen-bond donors (Lipinski definition) is 0. The molecule has 6 nitrogen and oxygen atoms in total. The van der Waals surface area contributed by atoms with Crippen LogP contribution in [0.4, 0.5) is 0 Å². The normalized spacial score (nSPS) is 16.2. The molecule has 1 aliphatic heterocycles. The Labute approximate surface area is 168 Å². The maximum atomic E-state index is 12.8. The van der Waals surface area contributed by atoms with Crippen LogP contribution in [0.1, 0.15) is 18.4 Å². The Kier molecular flexibility index (Phi) is 6.29. The predicted molar refractivity (Wildman–Crippen MR) is 106 cm³/mol. The lowest BCUT2D eigenvalue weighted by Gasteiger charge is -2.32. The summed E-state index contributed by atoms with van der Waals surface area (Å²) in [7, 11) is -1.75. The summed E-state index contributed by atoms with van der Waals surface area (Å²) in [5.74, 6) is -0.0954. The average Bonchev–Trinajstić information content (AvgIpc) is 2.70. The zero-order valence-electron chi connectivity index (χ0n) is 15.1. The lowest BCUT2D eigenvalue weighted by molar-refractivity contribution is -0.135. The molecule has 2 heterocycles. The van der Waals surface area contributed by atoms with Crippen molar-refractivity contribution in [2.24, 2.45) is 5.92 Å². The van der Waals surface area contributed by atoms with Crippen LogP contribution in [-0.2, 0) is 21.4 Å². The Balaban J connectivity index is 1.60. The first-order valence-corrected chi connectivity index (χ1v) is 11.0. The predicted octanol–water partition coefficient (Wildman–Crippen LogP) is 2.90. The van der Waals surface area contributed by atoms with Gasteiger partial charge in [-0.2, -0.15) is 4.31 Å². The number of sulfonamides is 1. The van der Waals surface area contributed by atoms with Gasteiger partial charge in [-0.15, -0.1) is 0 Å². The molecule has 1 aromatic carbocycles. The molecule has 1 aromatic heterocycles. The Hall–Kier alpha value is -1.77. The van der Waals surface area contributed by atoms with E-state index in [1.54, 1.807) is 30.3 Å². The minimum Gasteiger partial charge on any atom is -0.341 e. The topological polar surface area (TPSA) is 70.6 Å². The van der Waals surface area contributed by atoms with Gasteiger partial charge >= 0.3 is 0 Å². The molecule has 0 radical (unpaired) electrons. The molecule has 0 atom stereocenters. The van der Waals surface area contributed by atoms with Crippen LogP contribution in [0.3, 0.4) is 0 Å². The van der Waals surface area contributed by atoms with Crippen LogP contribution >= 0.6 is 15.9 Å². The maximum Gasteiger partial charge on any atom is 0.244 e. The highest BCUT2D eigenvalue weighted by Gasteiger charge is 2.33. The van der Waals surface area contributed by atoms with Crippen molar-refractivity contribution < 1.29 is 13.2 Å². The highest BCUT2D eigenvalue weighted by Crippen LogP contribution is 2.25. The lowest BCUT2D eigenvalue weighted by atomic mass is 9.96. The molecule has 0 unspecified atom stereocenters. The van der Waals surface area contributed by atoms with Gasteiger partial charge in [0.15, 0.2) is 0 Å². The van der Waals surface area contributed by atoms with E-state index in [0.717, 1.165) is 10.0 Å². The molecule has 144 valence electrons. The first-order chi connectivity index (χ1) is 12.9. The van der Waals surface area contributed by atoms with Crippen LogP contribution in [0.2, 0.25) is 0 Å². The van der Waals surface area contributed by atoms with Gasteiger partial charge in [0.25, 0.3) is 0 Å². The first kappa shape index (κ1) is 20.0. The molecule has 2 aromatic rings. The van der Waals surface area contributed by atoms with Crippen LogP contribution < -0.4 is 0 Å². The fraction of sp³-hybridized carbons (Fsp3) is 0.368. The third-order valence-corrected chi connectivity index (χ3v) is 7.47. The van der Waals surface area contributed by atoms with Crippen molar-refractivity contribution in [2.45, 2.75) is 24.3 Å². The van der Waals surface area contributed by atoms with Crippen molar-refractivity contribution in [3.63, 3.8) is 0 Å². The molecule has 0 N–H and O–H groups in total. The number of aromatic nitrogens is 1. The van der Waals surface area contributed by atoms with E-state index >= 15 is 0 Å². The van der Waals surface area contributed by atoms with Gasteiger partial charge < -0.3 is 4.90 Å². The molecule has 27 heavy (non-hydrogen) atoms. The highest BCUT2D eigenvalue weighted by molar-refractivity contribution is 9.10. The third kappa shape index (κ3) is 4.56. The number of pyridine rings is 1. The van der Waals surface area contributed by atoms with Gasteiger partial charge in [0.05, 0.1) is 0 Å². The quantitative estimate of drug-likeness (QED) is 0.700. The molecule has 0 aliphatic carbocycles. The zero-order chi connectivity index (χ0) is 19.4. The molecule has 3 rings (SSSR count). The van der Waals surface area contributed by atoms with E-state index in [1.807, 2.05) is 24.3 Å². The number of carbonyl (C=O) groups excluding carboxylic acids is 1. The Morgan fingerprint density at radius 2 is 1.93 bits per heavy atom. The van der Waals surface area contributed by atoms with Gasteiger partial charge in [-0.1, -0.05) is 34.1 Å². The monoisotopic (exact) mass is 451 g/mol. The van der Waals surface area contributed by atoms with Gasteiger partial charge in [0, 0.05) is 49.5 Å². The number of rotatable bonds is 5. The van der Waals surface area contributed by atoms with Crippen LogP contribution in [0.25, 0.3) is 0 Å². The van der Waals surface area contributed by atoms with Gasteiger partial charge in [-0.3, -0.25) is 9.78 Å². The molecule has 8 heteroatoms. The smallest absolute Gasteiger partial charge is 0.244 e. The molecule has 1 fully saturated rings. The van der Waals surface area contributed by atoms with E-state index in [2.05, 4.69) is 20.9 Å².